The van der Waals surface area contributed by atoms with Crippen LogP contribution in [0, 0.1) is 12.8 Å². The van der Waals surface area contributed by atoms with Gasteiger partial charge in [0, 0.05) is 51.6 Å². The molecule has 0 aliphatic carbocycles. The van der Waals surface area contributed by atoms with Crippen LogP contribution < -0.4 is 5.32 Å². The minimum atomic E-state index is 0.598. The van der Waals surface area contributed by atoms with Gasteiger partial charge in [-0.25, -0.2) is 9.98 Å². The maximum absolute atomic E-state index is 5.50. The summed E-state index contributed by atoms with van der Waals surface area (Å²) >= 11 is 0. The van der Waals surface area contributed by atoms with Crippen LogP contribution in [-0.2, 0) is 17.8 Å². The SMILES string of the molecule is CCNC(=NCc1cccc(Cn2ccnc2C)c1)N(C)CC1CCOC1. The third kappa shape index (κ3) is 5.57. The van der Waals surface area contributed by atoms with Gasteiger partial charge in [-0.05, 0) is 31.4 Å². The molecule has 1 atom stereocenters. The number of aromatic nitrogens is 2. The predicted molar refractivity (Wildman–Crippen MR) is 109 cm³/mol. The average Bonchev–Trinajstić information content (AvgIpc) is 3.31. The highest BCUT2D eigenvalue weighted by Crippen LogP contribution is 2.14. The van der Waals surface area contributed by atoms with Crippen molar-refractivity contribution in [3.8, 4) is 0 Å². The quantitative estimate of drug-likeness (QED) is 0.602. The number of hydrogen-bond donors (Lipinski definition) is 1. The lowest BCUT2D eigenvalue weighted by molar-refractivity contribution is 0.181. The summed E-state index contributed by atoms with van der Waals surface area (Å²) in [7, 11) is 2.11. The molecule has 3 rings (SSSR count). The van der Waals surface area contributed by atoms with Gasteiger partial charge in [-0.3, -0.25) is 0 Å². The van der Waals surface area contributed by atoms with Crippen LogP contribution >= 0.6 is 0 Å². The molecule has 146 valence electrons. The highest BCUT2D eigenvalue weighted by molar-refractivity contribution is 5.79. The van der Waals surface area contributed by atoms with E-state index in [4.69, 9.17) is 9.73 Å². The van der Waals surface area contributed by atoms with Crippen molar-refractivity contribution in [2.75, 3.05) is 33.4 Å². The molecule has 1 saturated heterocycles. The lowest BCUT2D eigenvalue weighted by atomic mass is 10.1. The van der Waals surface area contributed by atoms with Crippen LogP contribution in [0.4, 0.5) is 0 Å². The van der Waals surface area contributed by atoms with E-state index >= 15 is 0 Å². The fraction of sp³-hybridized carbons (Fsp3) is 0.524. The van der Waals surface area contributed by atoms with Gasteiger partial charge in [-0.15, -0.1) is 0 Å². The molecule has 0 bridgehead atoms. The van der Waals surface area contributed by atoms with Crippen LogP contribution in [0.5, 0.6) is 0 Å². The Hall–Kier alpha value is -2.34. The van der Waals surface area contributed by atoms with E-state index in [1.54, 1.807) is 0 Å². The van der Waals surface area contributed by atoms with Crippen molar-refractivity contribution >= 4 is 5.96 Å². The number of aryl methyl sites for hydroxylation is 1. The zero-order valence-electron chi connectivity index (χ0n) is 16.7. The van der Waals surface area contributed by atoms with Gasteiger partial charge >= 0.3 is 0 Å². The molecule has 1 aromatic carbocycles. The van der Waals surface area contributed by atoms with Crippen molar-refractivity contribution in [1.82, 2.24) is 19.8 Å². The average molecular weight is 370 g/mol. The highest BCUT2D eigenvalue weighted by Gasteiger charge is 2.19. The molecule has 1 aromatic heterocycles. The number of nitrogens with zero attached hydrogens (tertiary/aromatic N) is 4. The van der Waals surface area contributed by atoms with Crippen molar-refractivity contribution in [2.24, 2.45) is 10.9 Å². The lowest BCUT2D eigenvalue weighted by Crippen LogP contribution is -2.41. The lowest BCUT2D eigenvalue weighted by Gasteiger charge is -2.24. The van der Waals surface area contributed by atoms with E-state index in [9.17, 15) is 0 Å². The first-order valence-corrected chi connectivity index (χ1v) is 9.78. The first-order valence-electron chi connectivity index (χ1n) is 9.78. The largest absolute Gasteiger partial charge is 0.381 e. The third-order valence-corrected chi connectivity index (χ3v) is 4.93. The maximum Gasteiger partial charge on any atom is 0.193 e. The number of rotatable bonds is 7. The maximum atomic E-state index is 5.50. The van der Waals surface area contributed by atoms with Crippen molar-refractivity contribution in [3.63, 3.8) is 0 Å². The van der Waals surface area contributed by atoms with Gasteiger partial charge in [0.2, 0.25) is 0 Å². The summed E-state index contributed by atoms with van der Waals surface area (Å²) in [6, 6.07) is 8.64. The summed E-state index contributed by atoms with van der Waals surface area (Å²) in [5.74, 6) is 2.59. The van der Waals surface area contributed by atoms with Gasteiger partial charge < -0.3 is 19.5 Å². The second-order valence-electron chi connectivity index (χ2n) is 7.20. The van der Waals surface area contributed by atoms with Crippen LogP contribution in [0.3, 0.4) is 0 Å². The van der Waals surface area contributed by atoms with E-state index in [1.807, 2.05) is 19.3 Å². The van der Waals surface area contributed by atoms with Crippen LogP contribution in [-0.4, -0.2) is 53.8 Å². The molecule has 1 aliphatic heterocycles. The van der Waals surface area contributed by atoms with Gasteiger partial charge in [0.1, 0.15) is 5.82 Å². The van der Waals surface area contributed by atoms with Crippen LogP contribution in [0.25, 0.3) is 0 Å². The van der Waals surface area contributed by atoms with Crippen molar-refractivity contribution in [1.29, 1.82) is 0 Å². The van der Waals surface area contributed by atoms with E-state index in [-0.39, 0.29) is 0 Å². The van der Waals surface area contributed by atoms with E-state index in [2.05, 4.69) is 58.0 Å². The molecule has 2 aromatic rings. The first kappa shape index (κ1) is 19.4. The highest BCUT2D eigenvalue weighted by atomic mass is 16.5. The number of aliphatic imine (C=N–C) groups is 1. The predicted octanol–water partition coefficient (Wildman–Crippen LogP) is 2.67. The molecule has 27 heavy (non-hydrogen) atoms. The zero-order valence-corrected chi connectivity index (χ0v) is 16.7. The van der Waals surface area contributed by atoms with Crippen molar-refractivity contribution in [2.45, 2.75) is 33.4 Å². The van der Waals surface area contributed by atoms with Gasteiger partial charge in [-0.1, -0.05) is 24.3 Å². The molecule has 1 aliphatic rings. The Morgan fingerprint density at radius 2 is 2.26 bits per heavy atom. The summed E-state index contributed by atoms with van der Waals surface area (Å²) in [6.07, 6.45) is 5.00. The molecule has 1 N–H and O–H groups in total. The Balaban J connectivity index is 1.64. The Morgan fingerprint density at radius 3 is 2.96 bits per heavy atom. The smallest absolute Gasteiger partial charge is 0.193 e. The second-order valence-corrected chi connectivity index (χ2v) is 7.20. The molecule has 1 fully saturated rings. The Morgan fingerprint density at radius 1 is 1.41 bits per heavy atom. The molecule has 2 heterocycles. The Bertz CT molecular complexity index is 749. The summed E-state index contributed by atoms with van der Waals surface area (Å²) in [4.78, 5) is 11.4. The van der Waals surface area contributed by atoms with Crippen molar-refractivity contribution in [3.05, 3.63) is 53.6 Å². The minimum Gasteiger partial charge on any atom is -0.381 e. The van der Waals surface area contributed by atoms with E-state index < -0.39 is 0 Å². The molecule has 6 heteroatoms. The van der Waals surface area contributed by atoms with E-state index in [1.165, 1.54) is 11.1 Å². The van der Waals surface area contributed by atoms with Crippen LogP contribution in [0.15, 0.2) is 41.7 Å². The van der Waals surface area contributed by atoms with E-state index in [0.717, 1.165) is 51.1 Å². The molecule has 0 radical (unpaired) electrons. The summed E-state index contributed by atoms with van der Waals surface area (Å²) < 4.78 is 7.65. The fourth-order valence-corrected chi connectivity index (χ4v) is 3.43. The van der Waals surface area contributed by atoms with Gasteiger partial charge in [0.15, 0.2) is 5.96 Å². The van der Waals surface area contributed by atoms with Crippen LogP contribution in [0.1, 0.15) is 30.3 Å². The number of nitrogens with one attached hydrogen (secondary N) is 1. The van der Waals surface area contributed by atoms with Gasteiger partial charge in [0.05, 0.1) is 13.2 Å². The van der Waals surface area contributed by atoms with Crippen molar-refractivity contribution < 1.29 is 4.74 Å². The molecular weight excluding hydrogens is 338 g/mol. The van der Waals surface area contributed by atoms with Gasteiger partial charge in [-0.2, -0.15) is 0 Å². The molecular formula is C21H31N5O. The molecule has 0 amide bonds. The number of guanidine groups is 1. The van der Waals surface area contributed by atoms with E-state index in [0.29, 0.717) is 12.5 Å². The number of benzene rings is 1. The summed E-state index contributed by atoms with van der Waals surface area (Å²) in [5.41, 5.74) is 2.49. The fourth-order valence-electron chi connectivity index (χ4n) is 3.43. The number of imidazole rings is 1. The zero-order chi connectivity index (χ0) is 19.1. The monoisotopic (exact) mass is 369 g/mol. The molecule has 0 spiro atoms. The number of hydrogen-bond acceptors (Lipinski definition) is 3. The third-order valence-electron chi connectivity index (χ3n) is 4.93. The first-order chi connectivity index (χ1) is 13.2. The normalized spacial score (nSPS) is 17.3. The Kier molecular flexibility index (Phi) is 6.87. The summed E-state index contributed by atoms with van der Waals surface area (Å²) in [5, 5.41) is 3.41. The number of ether oxygens (including phenoxy) is 1. The van der Waals surface area contributed by atoms with Gasteiger partial charge in [0.25, 0.3) is 0 Å². The summed E-state index contributed by atoms with van der Waals surface area (Å²) in [6.45, 7) is 9.23. The molecule has 6 nitrogen and oxygen atoms in total. The molecule has 1 unspecified atom stereocenters. The second kappa shape index (κ2) is 9.55. The molecule has 0 saturated carbocycles. The Labute approximate surface area is 162 Å². The minimum absolute atomic E-state index is 0.598. The standard InChI is InChI=1S/C21H31N5O/c1-4-22-21(25(3)14-20-8-11-27-16-20)24-13-18-6-5-7-19(12-18)15-26-10-9-23-17(26)2/h5-7,9-10,12,20H,4,8,11,13-16H2,1-3H3,(H,22,24). The van der Waals surface area contributed by atoms with Crippen LogP contribution in [0.2, 0.25) is 0 Å². The topological polar surface area (TPSA) is 54.7 Å².